The van der Waals surface area contributed by atoms with Crippen LogP contribution in [-0.2, 0) is 0 Å². The van der Waals surface area contributed by atoms with Gasteiger partial charge in [0.15, 0.2) is 0 Å². The van der Waals surface area contributed by atoms with E-state index in [1.807, 2.05) is 0 Å². The van der Waals surface area contributed by atoms with Crippen LogP contribution in [0.2, 0.25) is 0 Å². The summed E-state index contributed by atoms with van der Waals surface area (Å²) in [7, 11) is 0. The summed E-state index contributed by atoms with van der Waals surface area (Å²) in [6, 6.07) is 41.9. The van der Waals surface area contributed by atoms with Crippen molar-refractivity contribution in [3.63, 3.8) is 0 Å². The van der Waals surface area contributed by atoms with Gasteiger partial charge >= 0.3 is 0 Å². The first kappa shape index (κ1) is 18.8. The largest absolute Gasteiger partial charge is 0.0622 e. The van der Waals surface area contributed by atoms with Crippen molar-refractivity contribution in [2.75, 3.05) is 0 Å². The third-order valence-corrected chi connectivity index (χ3v) is 7.35. The smallest absolute Gasteiger partial charge is 0.0181 e. The second kappa shape index (κ2) is 7.16. The van der Waals surface area contributed by atoms with Crippen molar-refractivity contribution >= 4 is 37.5 Å². The number of benzene rings is 6. The van der Waals surface area contributed by atoms with Gasteiger partial charge in [-0.05, 0) is 78.2 Å². The van der Waals surface area contributed by atoms with Crippen molar-refractivity contribution in [2.45, 2.75) is 0 Å². The topological polar surface area (TPSA) is 0 Å². The predicted octanol–water partition coefficient (Wildman–Crippen LogP) is 9.74. The van der Waals surface area contributed by atoms with Gasteiger partial charge in [0, 0.05) is 4.47 Å². The average molecular weight is 483 g/mol. The molecule has 1 heteroatoms. The third-order valence-electron chi connectivity index (χ3n) is 6.86. The highest BCUT2D eigenvalue weighted by molar-refractivity contribution is 9.10. The van der Waals surface area contributed by atoms with Crippen LogP contribution in [-0.4, -0.2) is 0 Å². The molecule has 0 nitrogen and oxygen atoms in total. The van der Waals surface area contributed by atoms with Crippen LogP contribution in [0, 0.1) is 0 Å². The minimum absolute atomic E-state index is 1.11. The Balaban J connectivity index is 1.78. The summed E-state index contributed by atoms with van der Waals surface area (Å²) in [5.74, 6) is 0. The third kappa shape index (κ3) is 2.70. The molecule has 0 saturated heterocycles. The normalized spacial score (nSPS) is 11.8. The highest BCUT2D eigenvalue weighted by Gasteiger charge is 2.28. The van der Waals surface area contributed by atoms with Crippen LogP contribution in [0.4, 0.5) is 0 Å². The molecular weight excluding hydrogens is 464 g/mol. The first-order valence-corrected chi connectivity index (χ1v) is 12.0. The molecule has 0 fully saturated rings. The van der Waals surface area contributed by atoms with Crippen LogP contribution in [0.3, 0.4) is 0 Å². The Morgan fingerprint density at radius 1 is 0.394 bits per heavy atom. The van der Waals surface area contributed by atoms with Crippen molar-refractivity contribution in [3.05, 3.63) is 120 Å². The van der Waals surface area contributed by atoms with E-state index in [0.717, 1.165) is 4.47 Å². The Bertz CT molecular complexity index is 1700. The molecule has 33 heavy (non-hydrogen) atoms. The molecule has 1 aliphatic carbocycles. The van der Waals surface area contributed by atoms with Crippen molar-refractivity contribution in [3.8, 4) is 44.5 Å². The van der Waals surface area contributed by atoms with Crippen molar-refractivity contribution in [1.82, 2.24) is 0 Å². The Labute approximate surface area is 201 Å². The maximum absolute atomic E-state index is 3.71. The van der Waals surface area contributed by atoms with Gasteiger partial charge in [-0.1, -0.05) is 119 Å². The first-order valence-electron chi connectivity index (χ1n) is 11.2. The van der Waals surface area contributed by atoms with Crippen LogP contribution < -0.4 is 0 Å². The molecule has 0 amide bonds. The number of hydrogen-bond acceptors (Lipinski definition) is 0. The molecule has 0 aliphatic heterocycles. The Hall–Kier alpha value is -3.68. The minimum Gasteiger partial charge on any atom is -0.0622 e. The van der Waals surface area contributed by atoms with E-state index in [1.165, 1.54) is 66.1 Å². The van der Waals surface area contributed by atoms with E-state index in [4.69, 9.17) is 0 Å². The zero-order valence-corrected chi connectivity index (χ0v) is 19.4. The van der Waals surface area contributed by atoms with Crippen LogP contribution in [0.25, 0.3) is 66.1 Å². The number of hydrogen-bond donors (Lipinski definition) is 0. The molecule has 6 aromatic carbocycles. The summed E-state index contributed by atoms with van der Waals surface area (Å²) in [5, 5.41) is 5.32. The fourth-order valence-electron chi connectivity index (χ4n) is 5.53. The molecule has 0 heterocycles. The molecular formula is C32H19Br. The summed E-state index contributed by atoms with van der Waals surface area (Å²) < 4.78 is 1.11. The molecule has 0 saturated carbocycles. The molecule has 154 valence electrons. The van der Waals surface area contributed by atoms with Gasteiger partial charge in [-0.2, -0.15) is 0 Å². The quantitative estimate of drug-likeness (QED) is 0.215. The maximum Gasteiger partial charge on any atom is 0.0181 e. The van der Waals surface area contributed by atoms with Gasteiger partial charge in [0.25, 0.3) is 0 Å². The SMILES string of the molecule is Brc1ccc2c(c1)-c1ccc(-c3ccccc3)c3c(-c4ccccc4)c4ccccc4c-2c13. The number of fused-ring (bicyclic) bond motifs is 5. The Kier molecular flexibility index (Phi) is 4.09. The highest BCUT2D eigenvalue weighted by Crippen LogP contribution is 2.55. The average Bonchev–Trinajstić information content (AvgIpc) is 3.20. The van der Waals surface area contributed by atoms with E-state index in [0.29, 0.717) is 0 Å². The maximum atomic E-state index is 3.71. The first-order chi connectivity index (χ1) is 16.3. The zero-order valence-electron chi connectivity index (χ0n) is 17.8. The van der Waals surface area contributed by atoms with Gasteiger partial charge < -0.3 is 0 Å². The Morgan fingerprint density at radius 3 is 1.67 bits per heavy atom. The van der Waals surface area contributed by atoms with E-state index < -0.39 is 0 Å². The molecule has 0 atom stereocenters. The minimum atomic E-state index is 1.11. The molecule has 0 aromatic heterocycles. The van der Waals surface area contributed by atoms with E-state index in [9.17, 15) is 0 Å². The van der Waals surface area contributed by atoms with Crippen molar-refractivity contribution in [2.24, 2.45) is 0 Å². The molecule has 0 radical (unpaired) electrons. The highest BCUT2D eigenvalue weighted by atomic mass is 79.9. The number of rotatable bonds is 2. The summed E-state index contributed by atoms with van der Waals surface area (Å²) in [6.07, 6.45) is 0. The molecule has 0 N–H and O–H groups in total. The van der Waals surface area contributed by atoms with E-state index in [-0.39, 0.29) is 0 Å². The van der Waals surface area contributed by atoms with Gasteiger partial charge in [-0.3, -0.25) is 0 Å². The lowest BCUT2D eigenvalue weighted by Crippen LogP contribution is -1.91. The standard InChI is InChI=1S/C32H19Br/c33-22-15-16-26-28(19-22)27-18-17-23(20-9-3-1-4-10-20)31-29(21-11-5-2-6-12-21)24-13-7-8-14-25(24)30(26)32(27)31/h1-19H. The van der Waals surface area contributed by atoms with Crippen LogP contribution in [0.5, 0.6) is 0 Å². The van der Waals surface area contributed by atoms with Gasteiger partial charge in [0.05, 0.1) is 0 Å². The second-order valence-electron chi connectivity index (χ2n) is 8.63. The fraction of sp³-hybridized carbons (Fsp3) is 0. The summed E-state index contributed by atoms with van der Waals surface area (Å²) in [6.45, 7) is 0. The summed E-state index contributed by atoms with van der Waals surface area (Å²) in [5.41, 5.74) is 10.4. The lowest BCUT2D eigenvalue weighted by atomic mass is 9.84. The van der Waals surface area contributed by atoms with E-state index >= 15 is 0 Å². The molecule has 0 unspecified atom stereocenters. The molecule has 0 bridgehead atoms. The van der Waals surface area contributed by atoms with Crippen LogP contribution >= 0.6 is 15.9 Å². The lowest BCUT2D eigenvalue weighted by molar-refractivity contribution is 1.64. The molecule has 1 aliphatic rings. The van der Waals surface area contributed by atoms with Gasteiger partial charge in [-0.25, -0.2) is 0 Å². The molecule has 7 rings (SSSR count). The second-order valence-corrected chi connectivity index (χ2v) is 9.54. The predicted molar refractivity (Wildman–Crippen MR) is 144 cm³/mol. The molecule has 0 spiro atoms. The van der Waals surface area contributed by atoms with Gasteiger partial charge in [0.2, 0.25) is 0 Å². The lowest BCUT2D eigenvalue weighted by Gasteiger charge is -2.18. The van der Waals surface area contributed by atoms with Gasteiger partial charge in [-0.15, -0.1) is 0 Å². The van der Waals surface area contributed by atoms with Gasteiger partial charge in [0.1, 0.15) is 0 Å². The van der Waals surface area contributed by atoms with E-state index in [2.05, 4.69) is 131 Å². The summed E-state index contributed by atoms with van der Waals surface area (Å²) >= 11 is 3.71. The van der Waals surface area contributed by atoms with E-state index in [1.54, 1.807) is 0 Å². The molecule has 6 aromatic rings. The number of halogens is 1. The van der Waals surface area contributed by atoms with Crippen molar-refractivity contribution in [1.29, 1.82) is 0 Å². The monoisotopic (exact) mass is 482 g/mol. The Morgan fingerprint density at radius 2 is 0.939 bits per heavy atom. The fourth-order valence-corrected chi connectivity index (χ4v) is 5.90. The van der Waals surface area contributed by atoms with Crippen LogP contribution in [0.15, 0.2) is 120 Å². The van der Waals surface area contributed by atoms with Crippen molar-refractivity contribution < 1.29 is 0 Å². The zero-order chi connectivity index (χ0) is 21.9. The summed E-state index contributed by atoms with van der Waals surface area (Å²) in [4.78, 5) is 0. The van der Waals surface area contributed by atoms with Crippen LogP contribution in [0.1, 0.15) is 0 Å².